The van der Waals surface area contributed by atoms with Crippen LogP contribution in [0.15, 0.2) is 0 Å². The molecule has 2 aliphatic rings. The van der Waals surface area contributed by atoms with Gasteiger partial charge >= 0.3 is 0 Å². The van der Waals surface area contributed by atoms with E-state index in [1.54, 1.807) is 0 Å². The van der Waals surface area contributed by atoms with Crippen molar-refractivity contribution in [3.8, 4) is 0 Å². The molecule has 3 heteroatoms. The normalized spacial score (nSPS) is 33.8. The van der Waals surface area contributed by atoms with Crippen LogP contribution >= 0.6 is 0 Å². The van der Waals surface area contributed by atoms with Gasteiger partial charge in [-0.05, 0) is 44.2 Å². The van der Waals surface area contributed by atoms with E-state index in [1.807, 2.05) is 0 Å². The van der Waals surface area contributed by atoms with Crippen LogP contribution in [0.3, 0.4) is 0 Å². The average molecular weight is 282 g/mol. The van der Waals surface area contributed by atoms with E-state index in [0.29, 0.717) is 23.6 Å². The first-order valence-electron chi connectivity index (χ1n) is 8.67. The summed E-state index contributed by atoms with van der Waals surface area (Å²) >= 11 is 0. The predicted molar refractivity (Wildman–Crippen MR) is 85.1 cm³/mol. The van der Waals surface area contributed by atoms with Crippen LogP contribution in [0.1, 0.15) is 59.8 Å². The molecule has 2 fully saturated rings. The fourth-order valence-electron chi connectivity index (χ4n) is 4.18. The van der Waals surface area contributed by atoms with E-state index in [9.17, 15) is 0 Å². The molecule has 1 heterocycles. The third kappa shape index (κ3) is 3.75. The van der Waals surface area contributed by atoms with E-state index < -0.39 is 0 Å². The van der Waals surface area contributed by atoms with Crippen LogP contribution in [0.4, 0.5) is 0 Å². The summed E-state index contributed by atoms with van der Waals surface area (Å²) in [5, 5.41) is 3.78. The zero-order chi connectivity index (χ0) is 14.6. The van der Waals surface area contributed by atoms with E-state index in [4.69, 9.17) is 4.74 Å². The Labute approximate surface area is 125 Å². The van der Waals surface area contributed by atoms with Crippen molar-refractivity contribution in [2.45, 2.75) is 78.0 Å². The maximum Gasteiger partial charge on any atom is 0.0702 e. The summed E-state index contributed by atoms with van der Waals surface area (Å²) in [5.74, 6) is 0. The molecule has 3 unspecified atom stereocenters. The van der Waals surface area contributed by atoms with Gasteiger partial charge in [-0.15, -0.1) is 0 Å². The SMILES string of the molecule is CCNC1C(N(CC)CC2CCCO2)CCCC1(C)C. The van der Waals surface area contributed by atoms with Crippen LogP contribution < -0.4 is 5.32 Å². The van der Waals surface area contributed by atoms with E-state index in [2.05, 4.69) is 37.9 Å². The molecule has 3 atom stereocenters. The highest BCUT2D eigenvalue weighted by atomic mass is 16.5. The van der Waals surface area contributed by atoms with Crippen molar-refractivity contribution in [2.75, 3.05) is 26.2 Å². The predicted octanol–water partition coefficient (Wildman–Crippen LogP) is 3.04. The molecule has 1 aliphatic carbocycles. The Morgan fingerprint density at radius 2 is 2.00 bits per heavy atom. The van der Waals surface area contributed by atoms with Crippen LogP contribution in [-0.4, -0.2) is 49.3 Å². The van der Waals surface area contributed by atoms with Gasteiger partial charge in [-0.25, -0.2) is 0 Å². The van der Waals surface area contributed by atoms with Gasteiger partial charge in [-0.2, -0.15) is 0 Å². The minimum Gasteiger partial charge on any atom is -0.377 e. The van der Waals surface area contributed by atoms with E-state index in [1.165, 1.54) is 32.1 Å². The molecule has 1 saturated heterocycles. The minimum absolute atomic E-state index is 0.406. The van der Waals surface area contributed by atoms with Crippen LogP contribution in [-0.2, 0) is 4.74 Å². The Hall–Kier alpha value is -0.120. The Morgan fingerprint density at radius 1 is 1.20 bits per heavy atom. The van der Waals surface area contributed by atoms with Crippen molar-refractivity contribution < 1.29 is 4.74 Å². The minimum atomic E-state index is 0.406. The first-order chi connectivity index (χ1) is 9.58. The van der Waals surface area contributed by atoms with E-state index in [0.717, 1.165) is 26.2 Å². The number of hydrogen-bond donors (Lipinski definition) is 1. The molecule has 0 spiro atoms. The zero-order valence-corrected chi connectivity index (χ0v) is 14.0. The Bertz CT molecular complexity index is 287. The molecule has 1 aliphatic heterocycles. The van der Waals surface area contributed by atoms with Crippen LogP contribution in [0.25, 0.3) is 0 Å². The lowest BCUT2D eigenvalue weighted by atomic mass is 9.70. The monoisotopic (exact) mass is 282 g/mol. The molecule has 118 valence electrons. The topological polar surface area (TPSA) is 24.5 Å². The fourth-order valence-corrected chi connectivity index (χ4v) is 4.18. The maximum atomic E-state index is 5.86. The zero-order valence-electron chi connectivity index (χ0n) is 14.0. The van der Waals surface area contributed by atoms with E-state index >= 15 is 0 Å². The maximum absolute atomic E-state index is 5.86. The molecule has 0 aromatic carbocycles. The van der Waals surface area contributed by atoms with Crippen molar-refractivity contribution in [3.63, 3.8) is 0 Å². The molecule has 20 heavy (non-hydrogen) atoms. The Balaban J connectivity index is 2.04. The van der Waals surface area contributed by atoms with E-state index in [-0.39, 0.29) is 0 Å². The molecule has 0 bridgehead atoms. The van der Waals surface area contributed by atoms with Gasteiger partial charge in [0.05, 0.1) is 6.10 Å². The number of nitrogens with one attached hydrogen (secondary N) is 1. The van der Waals surface area contributed by atoms with Crippen LogP contribution in [0.2, 0.25) is 0 Å². The number of hydrogen-bond acceptors (Lipinski definition) is 3. The van der Waals surface area contributed by atoms with Gasteiger partial charge in [-0.1, -0.05) is 34.1 Å². The van der Waals surface area contributed by atoms with Gasteiger partial charge in [0.25, 0.3) is 0 Å². The third-order valence-corrected chi connectivity index (χ3v) is 5.31. The van der Waals surface area contributed by atoms with Crippen LogP contribution in [0, 0.1) is 5.41 Å². The second-order valence-corrected chi connectivity index (χ2v) is 7.21. The Kier molecular flexibility index (Phi) is 5.88. The summed E-state index contributed by atoms with van der Waals surface area (Å²) in [6.07, 6.45) is 7.01. The standard InChI is InChI=1S/C17H34N2O/c1-5-18-16-15(10-7-11-17(16,3)4)19(6-2)13-14-9-8-12-20-14/h14-16,18H,5-13H2,1-4H3. The lowest BCUT2D eigenvalue weighted by Gasteiger charge is -2.49. The van der Waals surface area contributed by atoms with Gasteiger partial charge in [0, 0.05) is 25.2 Å². The van der Waals surface area contributed by atoms with Crippen molar-refractivity contribution in [3.05, 3.63) is 0 Å². The summed E-state index contributed by atoms with van der Waals surface area (Å²) < 4.78 is 5.86. The molecule has 0 aromatic heterocycles. The fraction of sp³-hybridized carbons (Fsp3) is 1.00. The summed E-state index contributed by atoms with van der Waals surface area (Å²) in [6, 6.07) is 1.29. The first-order valence-corrected chi connectivity index (χ1v) is 8.67. The molecule has 0 radical (unpaired) electrons. The van der Waals surface area contributed by atoms with Crippen molar-refractivity contribution in [1.29, 1.82) is 0 Å². The van der Waals surface area contributed by atoms with Gasteiger partial charge < -0.3 is 10.1 Å². The van der Waals surface area contributed by atoms with Crippen molar-refractivity contribution in [2.24, 2.45) is 5.41 Å². The second kappa shape index (κ2) is 7.24. The highest BCUT2D eigenvalue weighted by Crippen LogP contribution is 2.38. The van der Waals surface area contributed by atoms with Gasteiger partial charge in [-0.3, -0.25) is 4.90 Å². The molecule has 1 saturated carbocycles. The number of nitrogens with zero attached hydrogens (tertiary/aromatic N) is 1. The summed E-state index contributed by atoms with van der Waals surface area (Å²) in [7, 11) is 0. The first kappa shape index (κ1) is 16.3. The highest BCUT2D eigenvalue weighted by Gasteiger charge is 2.41. The molecule has 0 aromatic rings. The number of rotatable bonds is 6. The molecule has 2 rings (SSSR count). The average Bonchev–Trinajstić information content (AvgIpc) is 2.91. The molecule has 0 amide bonds. The number of likely N-dealkylation sites (N-methyl/N-ethyl adjacent to an activating group) is 2. The van der Waals surface area contributed by atoms with Crippen molar-refractivity contribution >= 4 is 0 Å². The van der Waals surface area contributed by atoms with Crippen LogP contribution in [0.5, 0.6) is 0 Å². The quantitative estimate of drug-likeness (QED) is 0.810. The van der Waals surface area contributed by atoms with Gasteiger partial charge in [0.2, 0.25) is 0 Å². The largest absolute Gasteiger partial charge is 0.377 e. The van der Waals surface area contributed by atoms with Gasteiger partial charge in [0.1, 0.15) is 0 Å². The molecular formula is C17H34N2O. The number of ether oxygens (including phenoxy) is 1. The lowest BCUT2D eigenvalue weighted by molar-refractivity contribution is 0.0130. The summed E-state index contributed by atoms with van der Waals surface area (Å²) in [5.41, 5.74) is 0.406. The summed E-state index contributed by atoms with van der Waals surface area (Å²) in [6.45, 7) is 13.7. The smallest absolute Gasteiger partial charge is 0.0702 e. The lowest BCUT2D eigenvalue weighted by Crippen LogP contribution is -2.59. The molecule has 3 nitrogen and oxygen atoms in total. The molecular weight excluding hydrogens is 248 g/mol. The Morgan fingerprint density at radius 3 is 2.60 bits per heavy atom. The highest BCUT2D eigenvalue weighted by molar-refractivity contribution is 4.98. The molecule has 1 N–H and O–H groups in total. The van der Waals surface area contributed by atoms with Crippen molar-refractivity contribution in [1.82, 2.24) is 10.2 Å². The third-order valence-electron chi connectivity index (χ3n) is 5.31. The summed E-state index contributed by atoms with van der Waals surface area (Å²) in [4.78, 5) is 2.68. The van der Waals surface area contributed by atoms with Gasteiger partial charge in [0.15, 0.2) is 0 Å². The second-order valence-electron chi connectivity index (χ2n) is 7.21.